The number of para-hydroxylation sites is 2. The lowest BCUT2D eigenvalue weighted by atomic mass is 9.80. The lowest BCUT2D eigenvalue weighted by Crippen LogP contribution is -2.25. The molecule has 0 spiro atoms. The minimum atomic E-state index is -0.467. The van der Waals surface area contributed by atoms with Crippen LogP contribution in [0.15, 0.2) is 109 Å². The smallest absolute Gasteiger partial charge is 0.347 e. The SMILES string of the molecule is CC1=C(c2nc3ccccc3c(=O)o2)C(c2ccccc2)C(c2nc3ccccc3c(=O)o2)=C(C)N1. The van der Waals surface area contributed by atoms with Gasteiger partial charge in [-0.3, -0.25) is 0 Å². The van der Waals surface area contributed by atoms with E-state index in [1.165, 1.54) is 0 Å². The van der Waals surface area contributed by atoms with Crippen molar-refractivity contribution >= 4 is 33.0 Å². The van der Waals surface area contributed by atoms with Gasteiger partial charge in [0.25, 0.3) is 0 Å². The first kappa shape index (κ1) is 21.7. The van der Waals surface area contributed by atoms with Crippen molar-refractivity contribution in [2.45, 2.75) is 19.8 Å². The Balaban J connectivity index is 1.63. The van der Waals surface area contributed by atoms with Crippen LogP contribution in [0.3, 0.4) is 0 Å². The summed E-state index contributed by atoms with van der Waals surface area (Å²) in [6, 6.07) is 23.9. The Labute approximate surface area is 205 Å². The summed E-state index contributed by atoms with van der Waals surface area (Å²) in [5.41, 5.74) is 3.95. The second-order valence-corrected chi connectivity index (χ2v) is 8.69. The molecule has 1 aliphatic heterocycles. The average molecular weight is 476 g/mol. The summed E-state index contributed by atoms with van der Waals surface area (Å²) >= 11 is 0. The molecule has 0 radical (unpaired) electrons. The van der Waals surface area contributed by atoms with Gasteiger partial charge in [0, 0.05) is 28.5 Å². The number of nitrogens with zero attached hydrogens (tertiary/aromatic N) is 2. The minimum absolute atomic E-state index is 0.200. The van der Waals surface area contributed by atoms with E-state index < -0.39 is 17.2 Å². The molecule has 36 heavy (non-hydrogen) atoms. The highest BCUT2D eigenvalue weighted by Gasteiger charge is 2.35. The molecule has 0 atom stereocenters. The highest BCUT2D eigenvalue weighted by Crippen LogP contribution is 2.46. The molecule has 6 rings (SSSR count). The maximum atomic E-state index is 12.9. The Hall–Kier alpha value is -4.78. The number of rotatable bonds is 3. The van der Waals surface area contributed by atoms with Gasteiger partial charge in [0.1, 0.15) is 0 Å². The topological polar surface area (TPSA) is 98.2 Å². The largest absolute Gasteiger partial charge is 0.403 e. The number of allylic oxidation sites excluding steroid dienone is 4. The van der Waals surface area contributed by atoms with Gasteiger partial charge in [-0.2, -0.15) is 0 Å². The molecular formula is C29H21N3O4. The van der Waals surface area contributed by atoms with Gasteiger partial charge in [-0.25, -0.2) is 19.6 Å². The van der Waals surface area contributed by atoms with E-state index in [0.29, 0.717) is 33.0 Å². The van der Waals surface area contributed by atoms with E-state index in [-0.39, 0.29) is 11.8 Å². The van der Waals surface area contributed by atoms with Crippen LogP contribution in [-0.4, -0.2) is 9.97 Å². The summed E-state index contributed by atoms with van der Waals surface area (Å²) in [5.74, 6) is -0.0579. The zero-order valence-corrected chi connectivity index (χ0v) is 19.6. The van der Waals surface area contributed by atoms with E-state index in [2.05, 4.69) is 5.32 Å². The molecule has 0 saturated carbocycles. The molecule has 0 saturated heterocycles. The highest BCUT2D eigenvalue weighted by molar-refractivity contribution is 5.90. The average Bonchev–Trinajstić information content (AvgIpc) is 2.89. The molecule has 1 aliphatic rings. The fourth-order valence-electron chi connectivity index (χ4n) is 4.81. The monoisotopic (exact) mass is 475 g/mol. The number of fused-ring (bicyclic) bond motifs is 2. The van der Waals surface area contributed by atoms with E-state index in [1.807, 2.05) is 56.3 Å². The molecule has 7 heteroatoms. The minimum Gasteiger partial charge on any atom is -0.403 e. The molecule has 3 heterocycles. The second-order valence-electron chi connectivity index (χ2n) is 8.69. The summed E-state index contributed by atoms with van der Waals surface area (Å²) in [6.07, 6.45) is 0. The summed E-state index contributed by atoms with van der Waals surface area (Å²) in [4.78, 5) is 35.1. The molecule has 0 unspecified atom stereocenters. The van der Waals surface area contributed by atoms with Crippen molar-refractivity contribution in [3.05, 3.63) is 128 Å². The number of benzene rings is 3. The lowest BCUT2D eigenvalue weighted by molar-refractivity contribution is 0.474. The van der Waals surface area contributed by atoms with Gasteiger partial charge in [0.05, 0.1) is 21.8 Å². The molecule has 0 bridgehead atoms. The quantitative estimate of drug-likeness (QED) is 0.381. The van der Waals surface area contributed by atoms with Crippen LogP contribution in [0, 0.1) is 0 Å². The molecule has 5 aromatic rings. The van der Waals surface area contributed by atoms with Crippen LogP contribution in [0.25, 0.3) is 33.0 Å². The maximum absolute atomic E-state index is 12.9. The molecule has 3 aromatic carbocycles. The Morgan fingerprint density at radius 2 is 1.08 bits per heavy atom. The van der Waals surface area contributed by atoms with Gasteiger partial charge in [0.15, 0.2) is 0 Å². The Bertz CT molecular complexity index is 1720. The summed E-state index contributed by atoms with van der Waals surface area (Å²) in [6.45, 7) is 3.82. The van der Waals surface area contributed by atoms with Crippen molar-refractivity contribution in [2.24, 2.45) is 0 Å². The molecular weight excluding hydrogens is 454 g/mol. The zero-order valence-electron chi connectivity index (χ0n) is 19.6. The summed E-state index contributed by atoms with van der Waals surface area (Å²) < 4.78 is 11.5. The number of hydrogen-bond donors (Lipinski definition) is 1. The zero-order chi connectivity index (χ0) is 24.8. The lowest BCUT2D eigenvalue weighted by Gasteiger charge is -2.30. The Morgan fingerprint density at radius 1 is 0.639 bits per heavy atom. The first-order valence-electron chi connectivity index (χ1n) is 11.6. The van der Waals surface area contributed by atoms with Gasteiger partial charge in [0.2, 0.25) is 11.8 Å². The third-order valence-corrected chi connectivity index (χ3v) is 6.42. The number of aromatic nitrogens is 2. The standard InChI is InChI=1S/C29H21N3O4/c1-16-23(26-31-21-14-8-6-12-19(21)28(33)35-26)25(18-10-4-3-5-11-18)24(17(2)30-16)27-32-22-15-9-7-13-20(22)29(34)36-27/h3-15,25,30H,1-2H3. The van der Waals surface area contributed by atoms with Crippen LogP contribution in [-0.2, 0) is 0 Å². The number of nitrogens with one attached hydrogen (secondary N) is 1. The van der Waals surface area contributed by atoms with E-state index in [4.69, 9.17) is 18.8 Å². The van der Waals surface area contributed by atoms with Gasteiger partial charge < -0.3 is 14.2 Å². The first-order valence-corrected chi connectivity index (χ1v) is 11.6. The van der Waals surface area contributed by atoms with Crippen LogP contribution in [0.2, 0.25) is 0 Å². The molecule has 176 valence electrons. The van der Waals surface area contributed by atoms with Crippen molar-refractivity contribution < 1.29 is 8.83 Å². The molecule has 1 N–H and O–H groups in total. The van der Waals surface area contributed by atoms with Crippen molar-refractivity contribution in [3.8, 4) is 0 Å². The van der Waals surface area contributed by atoms with Gasteiger partial charge >= 0.3 is 11.3 Å². The third-order valence-electron chi connectivity index (χ3n) is 6.42. The number of hydrogen-bond acceptors (Lipinski definition) is 7. The van der Waals surface area contributed by atoms with E-state index >= 15 is 0 Å². The van der Waals surface area contributed by atoms with E-state index in [0.717, 1.165) is 17.0 Å². The van der Waals surface area contributed by atoms with Crippen molar-refractivity contribution in [1.82, 2.24) is 15.3 Å². The molecule has 0 amide bonds. The predicted octanol–water partition coefficient (Wildman–Crippen LogP) is 5.24. The molecule has 0 fully saturated rings. The normalized spacial score (nSPS) is 14.5. The molecule has 2 aromatic heterocycles. The number of dihydropyridines is 1. The molecule has 0 aliphatic carbocycles. The second kappa shape index (κ2) is 8.46. The van der Waals surface area contributed by atoms with Gasteiger partial charge in [-0.15, -0.1) is 0 Å². The third kappa shape index (κ3) is 3.53. The van der Waals surface area contributed by atoms with Gasteiger partial charge in [-0.05, 0) is 43.7 Å². The van der Waals surface area contributed by atoms with Crippen molar-refractivity contribution in [2.75, 3.05) is 0 Å². The van der Waals surface area contributed by atoms with Crippen molar-refractivity contribution in [1.29, 1.82) is 0 Å². The Kier molecular flexibility index (Phi) is 5.11. The van der Waals surface area contributed by atoms with Crippen LogP contribution >= 0.6 is 0 Å². The molecule has 7 nitrogen and oxygen atoms in total. The fourth-order valence-corrected chi connectivity index (χ4v) is 4.81. The highest BCUT2D eigenvalue weighted by atomic mass is 16.4. The van der Waals surface area contributed by atoms with Crippen molar-refractivity contribution in [3.63, 3.8) is 0 Å². The first-order chi connectivity index (χ1) is 17.5. The summed E-state index contributed by atoms with van der Waals surface area (Å²) in [7, 11) is 0. The van der Waals surface area contributed by atoms with E-state index in [9.17, 15) is 9.59 Å². The van der Waals surface area contributed by atoms with Crippen LogP contribution < -0.4 is 16.6 Å². The predicted molar refractivity (Wildman–Crippen MR) is 138 cm³/mol. The van der Waals surface area contributed by atoms with Crippen LogP contribution in [0.1, 0.15) is 37.1 Å². The van der Waals surface area contributed by atoms with Crippen LogP contribution in [0.5, 0.6) is 0 Å². The fraction of sp³-hybridized carbons (Fsp3) is 0.103. The van der Waals surface area contributed by atoms with Gasteiger partial charge in [-0.1, -0.05) is 54.6 Å². The summed E-state index contributed by atoms with van der Waals surface area (Å²) in [5, 5.41) is 4.19. The van der Waals surface area contributed by atoms with E-state index in [1.54, 1.807) is 36.4 Å². The maximum Gasteiger partial charge on any atom is 0.347 e. The Morgan fingerprint density at radius 3 is 1.58 bits per heavy atom. The van der Waals surface area contributed by atoms with Crippen LogP contribution in [0.4, 0.5) is 0 Å².